The van der Waals surface area contributed by atoms with Crippen molar-refractivity contribution < 1.29 is 13.5 Å². The fraction of sp³-hybridized carbons (Fsp3) is 0.294. The molecule has 0 saturated heterocycles. The molecule has 0 bridgehead atoms. The summed E-state index contributed by atoms with van der Waals surface area (Å²) in [5.74, 6) is -1.10. The maximum absolute atomic E-state index is 13.5. The molecule has 2 rings (SSSR count). The Labute approximate surface area is 123 Å². The third-order valence-corrected chi connectivity index (χ3v) is 3.37. The highest BCUT2D eigenvalue weighted by Gasteiger charge is 2.08. The van der Waals surface area contributed by atoms with Crippen LogP contribution in [0.5, 0.6) is 5.75 Å². The molecule has 0 aliphatic carbocycles. The van der Waals surface area contributed by atoms with E-state index in [2.05, 4.69) is 6.92 Å². The average molecular weight is 291 g/mol. The molecule has 0 spiro atoms. The number of hydrogen-bond acceptors (Lipinski definition) is 2. The molecular formula is C17H19F2NO. The van der Waals surface area contributed by atoms with Crippen LogP contribution in [-0.4, -0.2) is 6.04 Å². The van der Waals surface area contributed by atoms with Gasteiger partial charge in [-0.05, 0) is 36.6 Å². The number of ether oxygens (including phenoxy) is 1. The van der Waals surface area contributed by atoms with Crippen LogP contribution < -0.4 is 10.5 Å². The monoisotopic (exact) mass is 291 g/mol. The molecule has 1 atom stereocenters. The van der Waals surface area contributed by atoms with Crippen LogP contribution in [0, 0.1) is 11.6 Å². The quantitative estimate of drug-likeness (QED) is 0.878. The van der Waals surface area contributed by atoms with Gasteiger partial charge in [0, 0.05) is 11.6 Å². The second kappa shape index (κ2) is 7.18. The summed E-state index contributed by atoms with van der Waals surface area (Å²) < 4.78 is 32.0. The van der Waals surface area contributed by atoms with Gasteiger partial charge < -0.3 is 10.5 Å². The largest absolute Gasteiger partial charge is 0.489 e. The second-order valence-electron chi connectivity index (χ2n) is 5.02. The van der Waals surface area contributed by atoms with Gasteiger partial charge in [-0.25, -0.2) is 8.78 Å². The molecule has 0 aliphatic rings. The Balaban J connectivity index is 1.96. The van der Waals surface area contributed by atoms with Crippen molar-refractivity contribution in [3.8, 4) is 5.75 Å². The average Bonchev–Trinajstić information content (AvgIpc) is 2.50. The molecule has 2 aromatic rings. The van der Waals surface area contributed by atoms with Gasteiger partial charge in [0.05, 0.1) is 0 Å². The van der Waals surface area contributed by atoms with Crippen molar-refractivity contribution in [2.75, 3.05) is 0 Å². The van der Waals surface area contributed by atoms with E-state index < -0.39 is 11.6 Å². The molecule has 0 heterocycles. The molecule has 4 heteroatoms. The van der Waals surface area contributed by atoms with Crippen molar-refractivity contribution in [3.63, 3.8) is 0 Å². The van der Waals surface area contributed by atoms with Gasteiger partial charge in [0.25, 0.3) is 0 Å². The van der Waals surface area contributed by atoms with Gasteiger partial charge in [0.1, 0.15) is 12.4 Å². The minimum atomic E-state index is -0.861. The van der Waals surface area contributed by atoms with Gasteiger partial charge in [0.15, 0.2) is 11.6 Å². The van der Waals surface area contributed by atoms with Gasteiger partial charge in [-0.1, -0.05) is 31.2 Å². The summed E-state index contributed by atoms with van der Waals surface area (Å²) in [6.45, 7) is 2.05. The molecule has 0 fully saturated rings. The van der Waals surface area contributed by atoms with Crippen molar-refractivity contribution in [1.82, 2.24) is 0 Å². The van der Waals surface area contributed by atoms with Gasteiger partial charge in [0.2, 0.25) is 0 Å². The van der Waals surface area contributed by atoms with Crippen LogP contribution in [0.3, 0.4) is 0 Å². The number of rotatable bonds is 6. The Kier molecular flexibility index (Phi) is 5.28. The Morgan fingerprint density at radius 2 is 1.81 bits per heavy atom. The maximum Gasteiger partial charge on any atom is 0.165 e. The lowest BCUT2D eigenvalue weighted by molar-refractivity contribution is 0.297. The molecule has 112 valence electrons. The first-order valence-electron chi connectivity index (χ1n) is 7.00. The highest BCUT2D eigenvalue weighted by molar-refractivity contribution is 5.28. The van der Waals surface area contributed by atoms with Crippen LogP contribution in [0.1, 0.15) is 24.5 Å². The number of halogens is 2. The summed E-state index contributed by atoms with van der Waals surface area (Å²) >= 11 is 0. The van der Waals surface area contributed by atoms with Crippen LogP contribution in [0.2, 0.25) is 0 Å². The normalized spacial score (nSPS) is 12.2. The number of benzene rings is 2. The summed E-state index contributed by atoms with van der Waals surface area (Å²) in [7, 11) is 0. The minimum absolute atomic E-state index is 0.00257. The summed E-state index contributed by atoms with van der Waals surface area (Å²) in [6.07, 6.45) is 1.74. The predicted molar refractivity (Wildman–Crippen MR) is 79.1 cm³/mol. The van der Waals surface area contributed by atoms with E-state index >= 15 is 0 Å². The van der Waals surface area contributed by atoms with Crippen molar-refractivity contribution in [1.29, 1.82) is 0 Å². The fourth-order valence-corrected chi connectivity index (χ4v) is 1.99. The van der Waals surface area contributed by atoms with Crippen molar-refractivity contribution in [2.24, 2.45) is 5.73 Å². The molecule has 0 aromatic heterocycles. The van der Waals surface area contributed by atoms with Gasteiger partial charge in [-0.2, -0.15) is 0 Å². The minimum Gasteiger partial charge on any atom is -0.489 e. The summed E-state index contributed by atoms with van der Waals surface area (Å²) in [6, 6.07) is 11.7. The maximum atomic E-state index is 13.5. The molecule has 0 saturated carbocycles. The Morgan fingerprint density at radius 3 is 2.48 bits per heavy atom. The Bertz CT molecular complexity index is 584. The van der Waals surface area contributed by atoms with Crippen molar-refractivity contribution in [2.45, 2.75) is 32.4 Å². The van der Waals surface area contributed by atoms with Crippen LogP contribution in [-0.2, 0) is 13.0 Å². The van der Waals surface area contributed by atoms with E-state index in [0.717, 1.165) is 24.5 Å². The van der Waals surface area contributed by atoms with E-state index in [1.165, 1.54) is 12.1 Å². The Hall–Kier alpha value is -1.94. The van der Waals surface area contributed by atoms with Crippen LogP contribution in [0.15, 0.2) is 42.5 Å². The van der Waals surface area contributed by atoms with E-state index in [-0.39, 0.29) is 18.2 Å². The lowest BCUT2D eigenvalue weighted by Gasteiger charge is -2.10. The highest BCUT2D eigenvalue weighted by atomic mass is 19.2. The molecule has 2 aromatic carbocycles. The topological polar surface area (TPSA) is 35.2 Å². The second-order valence-corrected chi connectivity index (χ2v) is 5.02. The zero-order chi connectivity index (χ0) is 15.2. The molecule has 21 heavy (non-hydrogen) atoms. The van der Waals surface area contributed by atoms with E-state index in [9.17, 15) is 8.78 Å². The van der Waals surface area contributed by atoms with Gasteiger partial charge in [-0.3, -0.25) is 0 Å². The lowest BCUT2D eigenvalue weighted by Crippen LogP contribution is -2.21. The van der Waals surface area contributed by atoms with Crippen LogP contribution in [0.25, 0.3) is 0 Å². The summed E-state index contributed by atoms with van der Waals surface area (Å²) in [4.78, 5) is 0. The Morgan fingerprint density at radius 1 is 1.10 bits per heavy atom. The first-order valence-corrected chi connectivity index (χ1v) is 7.00. The SMILES string of the molecule is CCC(N)Cc1ccc(OCc2cccc(F)c2F)cc1. The van der Waals surface area contributed by atoms with Crippen molar-refractivity contribution in [3.05, 3.63) is 65.2 Å². The summed E-state index contributed by atoms with van der Waals surface area (Å²) in [5, 5.41) is 0. The van der Waals surface area contributed by atoms with Gasteiger partial charge >= 0.3 is 0 Å². The molecule has 0 radical (unpaired) electrons. The number of nitrogens with two attached hydrogens (primary N) is 1. The fourth-order valence-electron chi connectivity index (χ4n) is 1.99. The highest BCUT2D eigenvalue weighted by Crippen LogP contribution is 2.17. The zero-order valence-corrected chi connectivity index (χ0v) is 12.0. The molecule has 0 amide bonds. The standard InChI is InChI=1S/C17H19F2NO/c1-2-14(20)10-12-6-8-15(9-7-12)21-11-13-4-3-5-16(18)17(13)19/h3-9,14H,2,10-11,20H2,1H3. The zero-order valence-electron chi connectivity index (χ0n) is 12.0. The van der Waals surface area contributed by atoms with E-state index in [4.69, 9.17) is 10.5 Å². The van der Waals surface area contributed by atoms with E-state index in [1.807, 2.05) is 24.3 Å². The smallest absolute Gasteiger partial charge is 0.165 e. The lowest BCUT2D eigenvalue weighted by atomic mass is 10.0. The molecular weight excluding hydrogens is 272 g/mol. The molecule has 0 aliphatic heterocycles. The van der Waals surface area contributed by atoms with Crippen LogP contribution >= 0.6 is 0 Å². The predicted octanol–water partition coefficient (Wildman–Crippen LogP) is 3.82. The molecule has 1 unspecified atom stereocenters. The van der Waals surface area contributed by atoms with E-state index in [0.29, 0.717) is 5.75 Å². The molecule has 2 nitrogen and oxygen atoms in total. The third kappa shape index (κ3) is 4.26. The summed E-state index contributed by atoms with van der Waals surface area (Å²) in [5.41, 5.74) is 7.23. The number of hydrogen-bond donors (Lipinski definition) is 1. The van der Waals surface area contributed by atoms with Crippen LogP contribution in [0.4, 0.5) is 8.78 Å². The van der Waals surface area contributed by atoms with Gasteiger partial charge in [-0.15, -0.1) is 0 Å². The molecule has 2 N–H and O–H groups in total. The first-order chi connectivity index (χ1) is 10.1. The van der Waals surface area contributed by atoms with Crippen molar-refractivity contribution >= 4 is 0 Å². The van der Waals surface area contributed by atoms with E-state index in [1.54, 1.807) is 0 Å². The first kappa shape index (κ1) is 15.4. The third-order valence-electron chi connectivity index (χ3n) is 3.37.